The maximum absolute atomic E-state index is 11.8. The molecule has 1 aromatic heterocycles. The number of nitrogens with one attached hydrogen (secondary N) is 2. The highest BCUT2D eigenvalue weighted by atomic mass is 16.4. The van der Waals surface area contributed by atoms with Crippen LogP contribution in [-0.2, 0) is 4.79 Å². The van der Waals surface area contributed by atoms with E-state index in [4.69, 9.17) is 11.5 Å². The Morgan fingerprint density at radius 2 is 2.14 bits per heavy atom. The number of hydrogen-bond acceptors (Lipinski definition) is 3. The summed E-state index contributed by atoms with van der Waals surface area (Å²) < 4.78 is 0. The molecule has 2 aromatic rings. The number of fused-ring (bicyclic) bond motifs is 1. The van der Waals surface area contributed by atoms with E-state index in [1.165, 1.54) is 6.20 Å². The zero-order valence-corrected chi connectivity index (χ0v) is 11.0. The van der Waals surface area contributed by atoms with Crippen LogP contribution in [0.2, 0.25) is 0 Å². The number of hydrogen-bond donors (Lipinski definition) is 3. The van der Waals surface area contributed by atoms with Gasteiger partial charge in [-0.3, -0.25) is 4.98 Å². The number of carboxylic acid groups (broad SMARTS) is 1. The number of aliphatic carboxylic acids is 1. The van der Waals surface area contributed by atoms with Gasteiger partial charge in [0.25, 0.3) is 0 Å². The molecule has 106 valence electrons. The molecule has 0 radical (unpaired) electrons. The van der Waals surface area contributed by atoms with Crippen molar-refractivity contribution in [1.82, 2.24) is 10.3 Å². The summed E-state index contributed by atoms with van der Waals surface area (Å²) in [5.41, 5.74) is 1.27. The number of carbonyl (C=O) groups is 2. The van der Waals surface area contributed by atoms with Gasteiger partial charge in [0.15, 0.2) is 0 Å². The molecule has 1 heterocycles. The molecule has 2 rings (SSSR count). The second kappa shape index (κ2) is 6.39. The Balaban J connectivity index is 2.07. The predicted octanol–water partition coefficient (Wildman–Crippen LogP) is 1.83. The van der Waals surface area contributed by atoms with Crippen LogP contribution in [0.1, 0.15) is 6.42 Å². The van der Waals surface area contributed by atoms with Gasteiger partial charge in [-0.1, -0.05) is 18.2 Å². The van der Waals surface area contributed by atoms with E-state index in [0.29, 0.717) is 5.69 Å². The number of anilines is 1. The minimum atomic E-state index is -1.18. The maximum atomic E-state index is 11.8. The van der Waals surface area contributed by atoms with Gasteiger partial charge in [0.05, 0.1) is 17.4 Å². The number of benzene rings is 1. The quantitative estimate of drug-likeness (QED) is 0.746. The lowest BCUT2D eigenvalue weighted by atomic mass is 10.2. The van der Waals surface area contributed by atoms with E-state index >= 15 is 0 Å². The Morgan fingerprint density at radius 3 is 2.86 bits per heavy atom. The van der Waals surface area contributed by atoms with Gasteiger partial charge < -0.3 is 15.7 Å². The molecule has 6 nitrogen and oxygen atoms in total. The molecule has 0 saturated heterocycles. The fourth-order valence-electron chi connectivity index (χ4n) is 1.78. The van der Waals surface area contributed by atoms with Crippen LogP contribution >= 0.6 is 0 Å². The van der Waals surface area contributed by atoms with Crippen LogP contribution in [0, 0.1) is 12.3 Å². The van der Waals surface area contributed by atoms with Gasteiger partial charge in [-0.15, -0.1) is 12.3 Å². The van der Waals surface area contributed by atoms with Crippen LogP contribution < -0.4 is 10.6 Å². The SMILES string of the molecule is C#CCC(NC(=O)Nc1cnc2ccccc2c1)C(=O)O. The van der Waals surface area contributed by atoms with Crippen LogP contribution in [-0.4, -0.2) is 28.1 Å². The van der Waals surface area contributed by atoms with E-state index in [-0.39, 0.29) is 6.42 Å². The highest BCUT2D eigenvalue weighted by Gasteiger charge is 2.18. The molecule has 0 bridgehead atoms. The lowest BCUT2D eigenvalue weighted by molar-refractivity contribution is -0.139. The Morgan fingerprint density at radius 1 is 1.38 bits per heavy atom. The molecule has 1 atom stereocenters. The van der Waals surface area contributed by atoms with E-state index in [9.17, 15) is 9.59 Å². The largest absolute Gasteiger partial charge is 0.480 e. The first kappa shape index (κ1) is 14.3. The number of nitrogens with zero attached hydrogens (tertiary/aromatic N) is 1. The van der Waals surface area contributed by atoms with Crippen LogP contribution in [0.4, 0.5) is 10.5 Å². The summed E-state index contributed by atoms with van der Waals surface area (Å²) in [5, 5.41) is 14.6. The number of carboxylic acids is 1. The highest BCUT2D eigenvalue weighted by Crippen LogP contribution is 2.15. The molecular weight excluding hydrogens is 270 g/mol. The third-order valence-corrected chi connectivity index (χ3v) is 2.77. The van der Waals surface area contributed by atoms with E-state index in [0.717, 1.165) is 10.9 Å². The average molecular weight is 283 g/mol. The van der Waals surface area contributed by atoms with Gasteiger partial charge in [0.1, 0.15) is 6.04 Å². The van der Waals surface area contributed by atoms with Gasteiger partial charge in [0, 0.05) is 11.8 Å². The number of terminal acetylenes is 1. The molecule has 2 amide bonds. The first-order chi connectivity index (χ1) is 10.1. The number of urea groups is 1. The zero-order chi connectivity index (χ0) is 15.2. The van der Waals surface area contributed by atoms with E-state index in [1.807, 2.05) is 24.3 Å². The molecule has 1 unspecified atom stereocenters. The van der Waals surface area contributed by atoms with Gasteiger partial charge >= 0.3 is 12.0 Å². The maximum Gasteiger partial charge on any atom is 0.327 e. The second-order valence-corrected chi connectivity index (χ2v) is 4.31. The summed E-state index contributed by atoms with van der Waals surface area (Å²) in [5.74, 6) is 1.03. The third-order valence-electron chi connectivity index (χ3n) is 2.77. The minimum Gasteiger partial charge on any atom is -0.480 e. The Labute approximate surface area is 121 Å². The van der Waals surface area contributed by atoms with Crippen molar-refractivity contribution in [3.63, 3.8) is 0 Å². The monoisotopic (exact) mass is 283 g/mol. The predicted molar refractivity (Wildman–Crippen MR) is 78.8 cm³/mol. The van der Waals surface area contributed by atoms with Crippen LogP contribution in [0.5, 0.6) is 0 Å². The van der Waals surface area contributed by atoms with Crippen molar-refractivity contribution in [2.45, 2.75) is 12.5 Å². The average Bonchev–Trinajstić information content (AvgIpc) is 2.46. The number of aromatic nitrogens is 1. The van der Waals surface area contributed by atoms with Gasteiger partial charge in [-0.2, -0.15) is 0 Å². The van der Waals surface area contributed by atoms with Crippen molar-refractivity contribution in [1.29, 1.82) is 0 Å². The summed E-state index contributed by atoms with van der Waals surface area (Å²) in [7, 11) is 0. The van der Waals surface area contributed by atoms with Crippen molar-refractivity contribution >= 4 is 28.6 Å². The van der Waals surface area contributed by atoms with Gasteiger partial charge in [-0.05, 0) is 12.1 Å². The third kappa shape index (κ3) is 3.70. The summed E-state index contributed by atoms with van der Waals surface area (Å²) in [6, 6.07) is 7.43. The topological polar surface area (TPSA) is 91.3 Å². The number of amides is 2. The van der Waals surface area contributed by atoms with Crippen LogP contribution in [0.15, 0.2) is 36.5 Å². The van der Waals surface area contributed by atoms with E-state index in [2.05, 4.69) is 21.5 Å². The smallest absolute Gasteiger partial charge is 0.327 e. The molecular formula is C15H13N3O3. The van der Waals surface area contributed by atoms with Crippen molar-refractivity contribution in [3.8, 4) is 12.3 Å². The second-order valence-electron chi connectivity index (χ2n) is 4.31. The van der Waals surface area contributed by atoms with E-state index in [1.54, 1.807) is 6.07 Å². The number of rotatable bonds is 4. The fraction of sp³-hybridized carbons (Fsp3) is 0.133. The lowest BCUT2D eigenvalue weighted by Crippen LogP contribution is -2.42. The van der Waals surface area contributed by atoms with Crippen molar-refractivity contribution in [2.24, 2.45) is 0 Å². The Kier molecular flexibility index (Phi) is 4.36. The van der Waals surface area contributed by atoms with Crippen LogP contribution in [0.3, 0.4) is 0 Å². The molecule has 0 aliphatic heterocycles. The number of para-hydroxylation sites is 1. The van der Waals surface area contributed by atoms with Crippen LogP contribution in [0.25, 0.3) is 10.9 Å². The van der Waals surface area contributed by atoms with E-state index < -0.39 is 18.0 Å². The lowest BCUT2D eigenvalue weighted by Gasteiger charge is -2.12. The molecule has 1 aromatic carbocycles. The number of pyridine rings is 1. The summed E-state index contributed by atoms with van der Waals surface area (Å²) in [6.45, 7) is 0. The molecule has 0 aliphatic rings. The molecule has 0 saturated carbocycles. The summed E-state index contributed by atoms with van der Waals surface area (Å²) in [4.78, 5) is 26.9. The number of carbonyl (C=O) groups excluding carboxylic acids is 1. The molecule has 0 aliphatic carbocycles. The van der Waals surface area contributed by atoms with Crippen molar-refractivity contribution in [3.05, 3.63) is 36.5 Å². The molecule has 0 spiro atoms. The zero-order valence-electron chi connectivity index (χ0n) is 11.0. The Bertz CT molecular complexity index is 721. The fourth-order valence-corrected chi connectivity index (χ4v) is 1.78. The highest BCUT2D eigenvalue weighted by molar-refractivity contribution is 5.94. The first-order valence-electron chi connectivity index (χ1n) is 6.18. The minimum absolute atomic E-state index is 0.0846. The summed E-state index contributed by atoms with van der Waals surface area (Å²) in [6.07, 6.45) is 6.48. The molecule has 3 N–H and O–H groups in total. The molecule has 0 fully saturated rings. The van der Waals surface area contributed by atoms with Gasteiger partial charge in [0.2, 0.25) is 0 Å². The first-order valence-corrected chi connectivity index (χ1v) is 6.18. The standard InChI is InChI=1S/C15H13N3O3/c1-2-5-13(14(19)20)18-15(21)17-11-8-10-6-3-4-7-12(10)16-9-11/h1,3-4,6-9,13H,5H2,(H,19,20)(H2,17,18,21). The van der Waals surface area contributed by atoms with Crippen molar-refractivity contribution in [2.75, 3.05) is 5.32 Å². The van der Waals surface area contributed by atoms with Crippen molar-refractivity contribution < 1.29 is 14.7 Å². The molecule has 21 heavy (non-hydrogen) atoms. The van der Waals surface area contributed by atoms with Gasteiger partial charge in [-0.25, -0.2) is 9.59 Å². The molecule has 6 heteroatoms. The normalized spacial score (nSPS) is 11.4. The Hall–Kier alpha value is -3.07. The summed E-state index contributed by atoms with van der Waals surface area (Å²) >= 11 is 0.